The molecule has 1 aromatic carbocycles. The van der Waals surface area contributed by atoms with Crippen LogP contribution >= 0.6 is 0 Å². The summed E-state index contributed by atoms with van der Waals surface area (Å²) in [6, 6.07) is 5.50. The summed E-state index contributed by atoms with van der Waals surface area (Å²) in [5.41, 5.74) is 5.85. The van der Waals surface area contributed by atoms with E-state index in [4.69, 9.17) is 10.5 Å². The number of nitrogens with two attached hydrogens (primary N) is 1. The van der Waals surface area contributed by atoms with Crippen molar-refractivity contribution in [1.29, 1.82) is 0 Å². The van der Waals surface area contributed by atoms with Gasteiger partial charge in [-0.25, -0.2) is 9.59 Å². The number of aliphatic hydroxyl groups is 1. The third kappa shape index (κ3) is 4.92. The number of para-hydroxylation sites is 1. The standard InChI is InChI=1S/C15H22N2O5/c1-15(2,3)22-14(20)17-11(12(18)13(19)21-4)9-7-5-6-8-10(9)16/h5-8,11-12,18H,16H2,1-4H3,(H,17,20)/t11-,12+/m0/s1. The van der Waals surface area contributed by atoms with Gasteiger partial charge >= 0.3 is 12.1 Å². The van der Waals surface area contributed by atoms with Crippen molar-refractivity contribution in [2.75, 3.05) is 12.8 Å². The highest BCUT2D eigenvalue weighted by atomic mass is 16.6. The van der Waals surface area contributed by atoms with Crippen molar-refractivity contribution in [1.82, 2.24) is 5.32 Å². The number of hydrogen-bond acceptors (Lipinski definition) is 6. The zero-order valence-electron chi connectivity index (χ0n) is 13.1. The van der Waals surface area contributed by atoms with E-state index in [2.05, 4.69) is 10.1 Å². The SMILES string of the molecule is COC(=O)[C@H](O)[C@@H](NC(=O)OC(C)(C)C)c1ccccc1N. The van der Waals surface area contributed by atoms with Crippen molar-refractivity contribution in [3.8, 4) is 0 Å². The first-order chi connectivity index (χ1) is 10.2. The Morgan fingerprint density at radius 3 is 2.36 bits per heavy atom. The summed E-state index contributed by atoms with van der Waals surface area (Å²) >= 11 is 0. The highest BCUT2D eigenvalue weighted by molar-refractivity contribution is 5.78. The summed E-state index contributed by atoms with van der Waals surface area (Å²) in [7, 11) is 1.14. The number of alkyl carbamates (subject to hydrolysis) is 1. The van der Waals surface area contributed by atoms with Gasteiger partial charge in [-0.05, 0) is 26.8 Å². The largest absolute Gasteiger partial charge is 0.467 e. The van der Waals surface area contributed by atoms with Gasteiger partial charge in [0.15, 0.2) is 6.10 Å². The maximum absolute atomic E-state index is 11.9. The van der Waals surface area contributed by atoms with E-state index in [1.807, 2.05) is 0 Å². The second kappa shape index (κ2) is 7.13. The smallest absolute Gasteiger partial charge is 0.408 e. The van der Waals surface area contributed by atoms with Crippen molar-refractivity contribution in [2.45, 2.75) is 38.5 Å². The van der Waals surface area contributed by atoms with Gasteiger partial charge in [-0.1, -0.05) is 18.2 Å². The Bertz CT molecular complexity index is 539. The van der Waals surface area contributed by atoms with Crippen LogP contribution in [0, 0.1) is 0 Å². The maximum atomic E-state index is 11.9. The molecule has 2 atom stereocenters. The van der Waals surface area contributed by atoms with E-state index in [1.165, 1.54) is 0 Å². The molecule has 0 bridgehead atoms. The Kier molecular flexibility index (Phi) is 5.76. The lowest BCUT2D eigenvalue weighted by atomic mass is 9.99. The highest BCUT2D eigenvalue weighted by Crippen LogP contribution is 2.24. The van der Waals surface area contributed by atoms with Crippen LogP contribution < -0.4 is 11.1 Å². The monoisotopic (exact) mass is 310 g/mol. The molecule has 0 aliphatic heterocycles. The van der Waals surface area contributed by atoms with Crippen LogP contribution in [0.4, 0.5) is 10.5 Å². The molecule has 0 spiro atoms. The summed E-state index contributed by atoms with van der Waals surface area (Å²) in [6.45, 7) is 5.11. The van der Waals surface area contributed by atoms with Crippen LogP contribution in [-0.4, -0.2) is 36.0 Å². The molecule has 0 radical (unpaired) electrons. The quantitative estimate of drug-likeness (QED) is 0.572. The molecule has 1 aromatic rings. The molecule has 7 heteroatoms. The van der Waals surface area contributed by atoms with Crippen LogP contribution in [-0.2, 0) is 14.3 Å². The molecule has 0 aliphatic carbocycles. The number of nitrogen functional groups attached to an aromatic ring is 1. The van der Waals surface area contributed by atoms with Crippen LogP contribution in [0.25, 0.3) is 0 Å². The predicted molar refractivity (Wildman–Crippen MR) is 81.0 cm³/mol. The minimum Gasteiger partial charge on any atom is -0.467 e. The van der Waals surface area contributed by atoms with E-state index >= 15 is 0 Å². The Morgan fingerprint density at radius 2 is 1.86 bits per heavy atom. The van der Waals surface area contributed by atoms with Crippen LogP contribution in [0.2, 0.25) is 0 Å². The van der Waals surface area contributed by atoms with Crippen molar-refractivity contribution in [2.24, 2.45) is 0 Å². The van der Waals surface area contributed by atoms with Crippen molar-refractivity contribution >= 4 is 17.7 Å². The fourth-order valence-electron chi connectivity index (χ4n) is 1.81. The van der Waals surface area contributed by atoms with Crippen molar-refractivity contribution in [3.63, 3.8) is 0 Å². The molecule has 4 N–H and O–H groups in total. The lowest BCUT2D eigenvalue weighted by molar-refractivity contribution is -0.152. The molecule has 0 heterocycles. The predicted octanol–water partition coefficient (Wildman–Crippen LogP) is 1.37. The molecule has 22 heavy (non-hydrogen) atoms. The summed E-state index contributed by atoms with van der Waals surface area (Å²) < 4.78 is 9.65. The van der Waals surface area contributed by atoms with Crippen LogP contribution in [0.1, 0.15) is 32.4 Å². The second-order valence-electron chi connectivity index (χ2n) is 5.72. The van der Waals surface area contributed by atoms with E-state index in [0.717, 1.165) is 7.11 Å². The molecule has 0 aromatic heterocycles. The summed E-state index contributed by atoms with van der Waals surface area (Å²) in [4.78, 5) is 23.5. The summed E-state index contributed by atoms with van der Waals surface area (Å²) in [6.07, 6.45) is -2.38. The average Bonchev–Trinajstić information content (AvgIpc) is 2.42. The first-order valence-corrected chi connectivity index (χ1v) is 6.75. The van der Waals surface area contributed by atoms with E-state index in [9.17, 15) is 14.7 Å². The normalized spacial score (nSPS) is 13.9. The number of carbonyl (C=O) groups excluding carboxylic acids is 2. The number of rotatable bonds is 4. The Balaban J connectivity index is 3.05. The second-order valence-corrected chi connectivity index (χ2v) is 5.72. The van der Waals surface area contributed by atoms with Gasteiger partial charge in [0.1, 0.15) is 5.60 Å². The zero-order valence-corrected chi connectivity index (χ0v) is 13.1. The molecule has 122 valence electrons. The van der Waals surface area contributed by atoms with Gasteiger partial charge in [0.2, 0.25) is 0 Å². The number of anilines is 1. The minimum absolute atomic E-state index is 0.325. The molecule has 0 saturated carbocycles. The van der Waals surface area contributed by atoms with Gasteiger partial charge in [-0.3, -0.25) is 0 Å². The molecule has 0 fully saturated rings. The van der Waals surface area contributed by atoms with E-state index in [1.54, 1.807) is 45.0 Å². The summed E-state index contributed by atoms with van der Waals surface area (Å²) in [5.74, 6) is -0.885. The number of amides is 1. The lowest BCUT2D eigenvalue weighted by Crippen LogP contribution is -2.43. The Morgan fingerprint density at radius 1 is 1.27 bits per heavy atom. The number of ether oxygens (including phenoxy) is 2. The lowest BCUT2D eigenvalue weighted by Gasteiger charge is -2.26. The first-order valence-electron chi connectivity index (χ1n) is 6.75. The number of benzene rings is 1. The first kappa shape index (κ1) is 17.8. The fourth-order valence-corrected chi connectivity index (χ4v) is 1.81. The minimum atomic E-state index is -1.61. The number of esters is 1. The summed E-state index contributed by atoms with van der Waals surface area (Å²) in [5, 5.41) is 12.6. The van der Waals surface area contributed by atoms with Gasteiger partial charge in [-0.15, -0.1) is 0 Å². The molecular weight excluding hydrogens is 288 g/mol. The third-order valence-corrected chi connectivity index (χ3v) is 2.76. The van der Waals surface area contributed by atoms with E-state index in [0.29, 0.717) is 11.3 Å². The number of hydrogen-bond donors (Lipinski definition) is 3. The van der Waals surface area contributed by atoms with Gasteiger partial charge in [0.05, 0.1) is 13.2 Å². The van der Waals surface area contributed by atoms with Gasteiger partial charge in [0, 0.05) is 11.3 Å². The average molecular weight is 310 g/mol. The van der Waals surface area contributed by atoms with Crippen LogP contribution in [0.15, 0.2) is 24.3 Å². The van der Waals surface area contributed by atoms with Crippen LogP contribution in [0.3, 0.4) is 0 Å². The van der Waals surface area contributed by atoms with Gasteiger partial charge < -0.3 is 25.6 Å². The van der Waals surface area contributed by atoms with Crippen molar-refractivity contribution in [3.05, 3.63) is 29.8 Å². The van der Waals surface area contributed by atoms with E-state index in [-0.39, 0.29) is 0 Å². The molecule has 0 saturated heterocycles. The molecule has 1 rings (SSSR count). The topological polar surface area (TPSA) is 111 Å². The van der Waals surface area contributed by atoms with Gasteiger partial charge in [-0.2, -0.15) is 0 Å². The number of carbonyl (C=O) groups is 2. The molecule has 1 amide bonds. The molecule has 0 unspecified atom stereocenters. The third-order valence-electron chi connectivity index (χ3n) is 2.76. The zero-order chi connectivity index (χ0) is 16.9. The van der Waals surface area contributed by atoms with E-state index < -0.39 is 29.8 Å². The molecule has 0 aliphatic rings. The van der Waals surface area contributed by atoms with Gasteiger partial charge in [0.25, 0.3) is 0 Å². The number of methoxy groups -OCH3 is 1. The molecule has 7 nitrogen and oxygen atoms in total. The Labute approximate surface area is 129 Å². The molecular formula is C15H22N2O5. The fraction of sp³-hybridized carbons (Fsp3) is 0.467. The van der Waals surface area contributed by atoms with Crippen molar-refractivity contribution < 1.29 is 24.2 Å². The van der Waals surface area contributed by atoms with Crippen LogP contribution in [0.5, 0.6) is 0 Å². The highest BCUT2D eigenvalue weighted by Gasteiger charge is 2.32. The number of aliphatic hydroxyl groups excluding tert-OH is 1. The number of nitrogens with one attached hydrogen (secondary N) is 1. The maximum Gasteiger partial charge on any atom is 0.408 e. The Hall–Kier alpha value is -2.28.